The molecule has 1 aromatic heterocycles. The Morgan fingerprint density at radius 1 is 1.04 bits per heavy atom. The number of phenols is 1. The van der Waals surface area contributed by atoms with Gasteiger partial charge in [0, 0.05) is 21.2 Å². The number of halogens is 4. The topological polar surface area (TPSA) is 57.5 Å². The molecular weight excluding hydrogens is 336 g/mol. The number of carboxylic acid groups (broad SMARTS) is 1. The number of carboxylic acids is 1. The minimum Gasteiger partial charge on any atom is -0.503 e. The first kappa shape index (κ1) is 15.3. The van der Waals surface area contributed by atoms with Gasteiger partial charge in [0.25, 0.3) is 0 Å². The molecule has 2 N–H and O–H groups in total. The molecule has 0 saturated carbocycles. The number of thiophene rings is 1. The molecule has 0 aliphatic carbocycles. The normalized spacial score (nSPS) is 11.1. The molecule has 0 spiro atoms. The van der Waals surface area contributed by atoms with Crippen molar-refractivity contribution in [3.63, 3.8) is 0 Å². The second kappa shape index (κ2) is 5.24. The number of fused-ring (bicyclic) bond motifs is 1. The molecular formula is C15H6F4O3S. The van der Waals surface area contributed by atoms with E-state index in [4.69, 9.17) is 0 Å². The molecule has 2 aromatic carbocycles. The predicted molar refractivity (Wildman–Crippen MR) is 75.7 cm³/mol. The van der Waals surface area contributed by atoms with E-state index in [1.54, 1.807) is 0 Å². The second-order valence-corrected chi connectivity index (χ2v) is 5.69. The van der Waals surface area contributed by atoms with Gasteiger partial charge in [0.05, 0.1) is 0 Å². The van der Waals surface area contributed by atoms with Gasteiger partial charge >= 0.3 is 5.97 Å². The molecule has 8 heteroatoms. The van der Waals surface area contributed by atoms with Crippen LogP contribution in [0.4, 0.5) is 17.6 Å². The van der Waals surface area contributed by atoms with E-state index < -0.39 is 40.6 Å². The van der Waals surface area contributed by atoms with E-state index in [1.165, 1.54) is 6.07 Å². The first-order chi connectivity index (χ1) is 10.8. The van der Waals surface area contributed by atoms with Crippen molar-refractivity contribution >= 4 is 27.4 Å². The van der Waals surface area contributed by atoms with Crippen molar-refractivity contribution in [2.75, 3.05) is 0 Å². The van der Waals surface area contributed by atoms with Crippen molar-refractivity contribution in [2.24, 2.45) is 0 Å². The average Bonchev–Trinajstić information content (AvgIpc) is 2.87. The minimum absolute atomic E-state index is 0.151. The summed E-state index contributed by atoms with van der Waals surface area (Å²) in [7, 11) is 0. The molecule has 0 fully saturated rings. The molecule has 0 aliphatic rings. The SMILES string of the molecule is O=C(O)c1sc2cc(F)ccc2c1-c1cc(F)c(F)c(O)c1F. The number of hydrogen-bond acceptors (Lipinski definition) is 3. The molecule has 3 nitrogen and oxygen atoms in total. The lowest BCUT2D eigenvalue weighted by Crippen LogP contribution is -1.98. The van der Waals surface area contributed by atoms with Crippen LogP contribution in [0.3, 0.4) is 0 Å². The number of phenolic OH excluding ortho intramolecular Hbond substituents is 1. The fourth-order valence-corrected chi connectivity index (χ4v) is 3.34. The summed E-state index contributed by atoms with van der Waals surface area (Å²) in [6.45, 7) is 0. The first-order valence-electron chi connectivity index (χ1n) is 6.13. The van der Waals surface area contributed by atoms with Gasteiger partial charge in [-0.25, -0.2) is 18.0 Å². The third-order valence-corrected chi connectivity index (χ3v) is 4.39. The van der Waals surface area contributed by atoms with Gasteiger partial charge in [0.1, 0.15) is 10.7 Å². The second-order valence-electron chi connectivity index (χ2n) is 4.63. The fraction of sp³-hybridized carbons (Fsp3) is 0. The monoisotopic (exact) mass is 342 g/mol. The van der Waals surface area contributed by atoms with E-state index in [-0.39, 0.29) is 20.5 Å². The highest BCUT2D eigenvalue weighted by Gasteiger charge is 2.26. The van der Waals surface area contributed by atoms with E-state index in [1.807, 2.05) is 0 Å². The Labute approximate surface area is 130 Å². The Hall–Kier alpha value is -2.61. The highest BCUT2D eigenvalue weighted by Crippen LogP contribution is 2.42. The van der Waals surface area contributed by atoms with E-state index in [0.717, 1.165) is 12.1 Å². The zero-order valence-corrected chi connectivity index (χ0v) is 11.8. The molecule has 0 unspecified atom stereocenters. The van der Waals surface area contributed by atoms with Gasteiger partial charge in [0.15, 0.2) is 17.4 Å². The molecule has 0 saturated heterocycles. The third kappa shape index (κ3) is 2.31. The van der Waals surface area contributed by atoms with Gasteiger partial charge in [0.2, 0.25) is 5.82 Å². The molecule has 3 rings (SSSR count). The van der Waals surface area contributed by atoms with E-state index in [9.17, 15) is 32.6 Å². The Morgan fingerprint density at radius 3 is 2.39 bits per heavy atom. The minimum atomic E-state index is -1.77. The molecule has 0 amide bonds. The number of aromatic hydroxyl groups is 1. The molecule has 0 aliphatic heterocycles. The number of rotatable bonds is 2. The zero-order valence-electron chi connectivity index (χ0n) is 11.0. The van der Waals surface area contributed by atoms with E-state index >= 15 is 0 Å². The van der Waals surface area contributed by atoms with Gasteiger partial charge < -0.3 is 10.2 Å². The summed E-state index contributed by atoms with van der Waals surface area (Å²) >= 11 is 0.662. The molecule has 23 heavy (non-hydrogen) atoms. The van der Waals surface area contributed by atoms with Crippen LogP contribution in [0.2, 0.25) is 0 Å². The van der Waals surface area contributed by atoms with Crippen LogP contribution in [-0.4, -0.2) is 16.2 Å². The van der Waals surface area contributed by atoms with Gasteiger partial charge in [-0.2, -0.15) is 4.39 Å². The Bertz CT molecular complexity index is 965. The largest absolute Gasteiger partial charge is 0.503 e. The standard InChI is InChI=1S/C15H6F4O3S/c16-5-1-2-6-9(3-5)23-14(15(21)22)10(6)7-4-8(17)12(19)13(20)11(7)18/h1-4,20H,(H,21,22). The number of hydrogen-bond donors (Lipinski definition) is 2. The number of benzene rings is 2. The summed E-state index contributed by atoms with van der Waals surface area (Å²) < 4.78 is 54.3. The van der Waals surface area contributed by atoms with Crippen LogP contribution in [-0.2, 0) is 0 Å². The summed E-state index contributed by atoms with van der Waals surface area (Å²) in [5, 5.41) is 18.7. The molecule has 1 heterocycles. The van der Waals surface area contributed by atoms with Crippen molar-refractivity contribution in [3.05, 3.63) is 52.4 Å². The summed E-state index contributed by atoms with van der Waals surface area (Å²) in [6, 6.07) is 3.75. The maximum atomic E-state index is 14.1. The van der Waals surface area contributed by atoms with Crippen LogP contribution in [0.5, 0.6) is 5.75 Å². The Morgan fingerprint density at radius 2 is 1.74 bits per heavy atom. The van der Waals surface area contributed by atoms with Crippen LogP contribution in [0.1, 0.15) is 9.67 Å². The van der Waals surface area contributed by atoms with Gasteiger partial charge in [-0.15, -0.1) is 11.3 Å². The molecule has 118 valence electrons. The van der Waals surface area contributed by atoms with E-state index in [0.29, 0.717) is 17.4 Å². The first-order valence-corrected chi connectivity index (χ1v) is 6.95. The number of aromatic carboxylic acids is 1. The fourth-order valence-electron chi connectivity index (χ4n) is 2.26. The van der Waals surface area contributed by atoms with Crippen molar-refractivity contribution in [1.82, 2.24) is 0 Å². The maximum Gasteiger partial charge on any atom is 0.346 e. The van der Waals surface area contributed by atoms with Gasteiger partial charge in [-0.1, -0.05) is 0 Å². The van der Waals surface area contributed by atoms with Crippen LogP contribution in [0.15, 0.2) is 24.3 Å². The highest BCUT2D eigenvalue weighted by molar-refractivity contribution is 7.21. The quantitative estimate of drug-likeness (QED) is 0.531. The maximum absolute atomic E-state index is 14.1. The molecule has 0 atom stereocenters. The zero-order chi connectivity index (χ0) is 16.9. The van der Waals surface area contributed by atoms with Crippen molar-refractivity contribution in [1.29, 1.82) is 0 Å². The van der Waals surface area contributed by atoms with Crippen molar-refractivity contribution in [2.45, 2.75) is 0 Å². The number of carbonyl (C=O) groups is 1. The highest BCUT2D eigenvalue weighted by atomic mass is 32.1. The van der Waals surface area contributed by atoms with Crippen LogP contribution >= 0.6 is 11.3 Å². The third-order valence-electron chi connectivity index (χ3n) is 3.25. The van der Waals surface area contributed by atoms with Crippen LogP contribution < -0.4 is 0 Å². The predicted octanol–water partition coefficient (Wildman–Crippen LogP) is 4.53. The lowest BCUT2D eigenvalue weighted by atomic mass is 10.0. The van der Waals surface area contributed by atoms with Gasteiger partial charge in [-0.3, -0.25) is 0 Å². The van der Waals surface area contributed by atoms with Gasteiger partial charge in [-0.05, 0) is 24.3 Å². The van der Waals surface area contributed by atoms with Crippen LogP contribution in [0, 0.1) is 23.3 Å². The lowest BCUT2D eigenvalue weighted by Gasteiger charge is -2.07. The average molecular weight is 342 g/mol. The summed E-state index contributed by atoms with van der Waals surface area (Å²) in [5.41, 5.74) is -0.860. The van der Waals surface area contributed by atoms with Crippen molar-refractivity contribution < 1.29 is 32.6 Å². The summed E-state index contributed by atoms with van der Waals surface area (Å²) in [5.74, 6) is -8.40. The summed E-state index contributed by atoms with van der Waals surface area (Å²) in [6.07, 6.45) is 0. The van der Waals surface area contributed by atoms with Crippen molar-refractivity contribution in [3.8, 4) is 16.9 Å². The summed E-state index contributed by atoms with van der Waals surface area (Å²) in [4.78, 5) is 11.0. The van der Waals surface area contributed by atoms with Crippen LogP contribution in [0.25, 0.3) is 21.2 Å². The smallest absolute Gasteiger partial charge is 0.346 e. The van der Waals surface area contributed by atoms with E-state index in [2.05, 4.69) is 0 Å². The molecule has 0 radical (unpaired) electrons. The molecule has 3 aromatic rings. The Balaban J connectivity index is 2.45. The Kier molecular flexibility index (Phi) is 3.48. The lowest BCUT2D eigenvalue weighted by molar-refractivity contribution is 0.0703. The molecule has 0 bridgehead atoms.